The SMILES string of the molecule is CCOC(=O)Cc1csc(N(C)CC2CCC2)n1. The molecule has 0 amide bonds. The summed E-state index contributed by atoms with van der Waals surface area (Å²) in [6.45, 7) is 3.32. The third-order valence-electron chi connectivity index (χ3n) is 3.25. The molecule has 4 nitrogen and oxygen atoms in total. The second-order valence-corrected chi connectivity index (χ2v) is 5.62. The van der Waals surface area contributed by atoms with Crippen LogP contribution in [0.25, 0.3) is 0 Å². The number of hydrogen-bond acceptors (Lipinski definition) is 5. The van der Waals surface area contributed by atoms with Gasteiger partial charge in [-0.3, -0.25) is 4.79 Å². The van der Waals surface area contributed by atoms with Crippen molar-refractivity contribution in [3.63, 3.8) is 0 Å². The molecule has 1 aromatic rings. The van der Waals surface area contributed by atoms with Crippen molar-refractivity contribution in [3.05, 3.63) is 11.1 Å². The number of carbonyl (C=O) groups excluding carboxylic acids is 1. The van der Waals surface area contributed by atoms with Gasteiger partial charge in [-0.15, -0.1) is 11.3 Å². The molecule has 0 radical (unpaired) electrons. The quantitative estimate of drug-likeness (QED) is 0.743. The number of ether oxygens (including phenoxy) is 1. The Balaban J connectivity index is 1.86. The molecule has 0 aliphatic heterocycles. The maximum Gasteiger partial charge on any atom is 0.311 e. The molecule has 5 heteroatoms. The van der Waals surface area contributed by atoms with E-state index in [0.29, 0.717) is 6.61 Å². The summed E-state index contributed by atoms with van der Waals surface area (Å²) < 4.78 is 4.92. The zero-order valence-electron chi connectivity index (χ0n) is 11.0. The van der Waals surface area contributed by atoms with Crippen LogP contribution in [0.2, 0.25) is 0 Å². The highest BCUT2D eigenvalue weighted by Crippen LogP contribution is 2.29. The van der Waals surface area contributed by atoms with E-state index in [2.05, 4.69) is 16.9 Å². The second-order valence-electron chi connectivity index (χ2n) is 4.78. The van der Waals surface area contributed by atoms with Crippen molar-refractivity contribution in [2.75, 3.05) is 25.1 Å². The van der Waals surface area contributed by atoms with E-state index >= 15 is 0 Å². The Kier molecular flexibility index (Phi) is 4.58. The van der Waals surface area contributed by atoms with E-state index in [0.717, 1.165) is 23.3 Å². The number of esters is 1. The normalized spacial score (nSPS) is 15.2. The van der Waals surface area contributed by atoms with Gasteiger partial charge in [-0.2, -0.15) is 0 Å². The third-order valence-corrected chi connectivity index (χ3v) is 4.26. The van der Waals surface area contributed by atoms with Crippen LogP contribution in [0.1, 0.15) is 31.9 Å². The second kappa shape index (κ2) is 6.18. The predicted molar refractivity (Wildman–Crippen MR) is 73.1 cm³/mol. The van der Waals surface area contributed by atoms with Gasteiger partial charge in [0.15, 0.2) is 5.13 Å². The number of carbonyl (C=O) groups is 1. The molecule has 0 saturated heterocycles. The third kappa shape index (κ3) is 3.45. The van der Waals surface area contributed by atoms with Crippen LogP contribution < -0.4 is 4.90 Å². The minimum Gasteiger partial charge on any atom is -0.466 e. The highest BCUT2D eigenvalue weighted by atomic mass is 32.1. The van der Waals surface area contributed by atoms with Gasteiger partial charge in [-0.1, -0.05) is 6.42 Å². The highest BCUT2D eigenvalue weighted by molar-refractivity contribution is 7.13. The fraction of sp³-hybridized carbons (Fsp3) is 0.692. The van der Waals surface area contributed by atoms with E-state index in [1.807, 2.05) is 12.3 Å². The van der Waals surface area contributed by atoms with Crippen molar-refractivity contribution in [3.8, 4) is 0 Å². The maximum atomic E-state index is 11.4. The first-order valence-corrected chi connectivity index (χ1v) is 7.38. The van der Waals surface area contributed by atoms with Gasteiger partial charge in [-0.05, 0) is 25.7 Å². The molecule has 1 aliphatic carbocycles. The Hall–Kier alpha value is -1.10. The van der Waals surface area contributed by atoms with Gasteiger partial charge in [0.05, 0.1) is 18.7 Å². The Bertz CT molecular complexity index is 401. The van der Waals surface area contributed by atoms with Crippen molar-refractivity contribution < 1.29 is 9.53 Å². The van der Waals surface area contributed by atoms with Crippen molar-refractivity contribution >= 4 is 22.4 Å². The summed E-state index contributed by atoms with van der Waals surface area (Å²) in [6, 6.07) is 0. The molecule has 100 valence electrons. The molecular weight excluding hydrogens is 248 g/mol. The lowest BCUT2D eigenvalue weighted by molar-refractivity contribution is -0.142. The monoisotopic (exact) mass is 268 g/mol. The van der Waals surface area contributed by atoms with Gasteiger partial charge < -0.3 is 9.64 Å². The Morgan fingerprint density at radius 1 is 1.61 bits per heavy atom. The number of rotatable bonds is 6. The van der Waals surface area contributed by atoms with Crippen LogP contribution in [0.15, 0.2) is 5.38 Å². The fourth-order valence-corrected chi connectivity index (χ4v) is 2.86. The summed E-state index contributed by atoms with van der Waals surface area (Å²) >= 11 is 1.60. The average molecular weight is 268 g/mol. The smallest absolute Gasteiger partial charge is 0.311 e. The van der Waals surface area contributed by atoms with E-state index in [1.165, 1.54) is 19.3 Å². The van der Waals surface area contributed by atoms with Crippen LogP contribution >= 0.6 is 11.3 Å². The highest BCUT2D eigenvalue weighted by Gasteiger charge is 2.20. The molecule has 0 atom stereocenters. The zero-order chi connectivity index (χ0) is 13.0. The number of hydrogen-bond donors (Lipinski definition) is 0. The number of thiazole rings is 1. The summed E-state index contributed by atoms with van der Waals surface area (Å²) in [6.07, 6.45) is 4.32. The molecule has 0 aromatic carbocycles. The molecule has 0 N–H and O–H groups in total. The van der Waals surface area contributed by atoms with Crippen LogP contribution in [0.3, 0.4) is 0 Å². The average Bonchev–Trinajstić information content (AvgIpc) is 2.72. The summed E-state index contributed by atoms with van der Waals surface area (Å²) in [7, 11) is 2.07. The first-order chi connectivity index (χ1) is 8.69. The first-order valence-electron chi connectivity index (χ1n) is 6.50. The predicted octanol–water partition coefficient (Wildman–Crippen LogP) is 2.49. The van der Waals surface area contributed by atoms with E-state index < -0.39 is 0 Å². The molecule has 1 fully saturated rings. The number of nitrogens with zero attached hydrogens (tertiary/aromatic N) is 2. The van der Waals surface area contributed by atoms with Gasteiger partial charge in [0.25, 0.3) is 0 Å². The van der Waals surface area contributed by atoms with Crippen molar-refractivity contribution in [1.29, 1.82) is 0 Å². The molecule has 1 aliphatic rings. The van der Waals surface area contributed by atoms with Gasteiger partial charge in [-0.25, -0.2) is 4.98 Å². The zero-order valence-corrected chi connectivity index (χ0v) is 11.8. The van der Waals surface area contributed by atoms with Crippen molar-refractivity contribution in [2.45, 2.75) is 32.6 Å². The van der Waals surface area contributed by atoms with Crippen LogP contribution in [-0.2, 0) is 16.0 Å². The van der Waals surface area contributed by atoms with Gasteiger partial charge >= 0.3 is 5.97 Å². The lowest BCUT2D eigenvalue weighted by Crippen LogP contribution is -2.29. The largest absolute Gasteiger partial charge is 0.466 e. The maximum absolute atomic E-state index is 11.4. The van der Waals surface area contributed by atoms with Gasteiger partial charge in [0, 0.05) is 19.0 Å². The standard InChI is InChI=1S/C13H20N2O2S/c1-3-17-12(16)7-11-9-18-13(14-11)15(2)8-10-5-4-6-10/h9-10H,3-8H2,1-2H3. The first kappa shape index (κ1) is 13.3. The molecule has 0 unspecified atom stereocenters. The number of aromatic nitrogens is 1. The van der Waals surface area contributed by atoms with E-state index in [-0.39, 0.29) is 12.4 Å². The molecule has 18 heavy (non-hydrogen) atoms. The van der Waals surface area contributed by atoms with E-state index in [1.54, 1.807) is 11.3 Å². The molecule has 2 rings (SSSR count). The van der Waals surface area contributed by atoms with Crippen molar-refractivity contribution in [2.24, 2.45) is 5.92 Å². The fourth-order valence-electron chi connectivity index (χ4n) is 2.05. The molecule has 1 aromatic heterocycles. The number of anilines is 1. The van der Waals surface area contributed by atoms with E-state index in [9.17, 15) is 4.79 Å². The van der Waals surface area contributed by atoms with Crippen LogP contribution in [0.4, 0.5) is 5.13 Å². The topological polar surface area (TPSA) is 42.4 Å². The molecule has 1 saturated carbocycles. The van der Waals surface area contributed by atoms with Crippen LogP contribution in [-0.4, -0.2) is 31.2 Å². The van der Waals surface area contributed by atoms with Crippen molar-refractivity contribution in [1.82, 2.24) is 4.98 Å². The minimum atomic E-state index is -0.198. The summed E-state index contributed by atoms with van der Waals surface area (Å²) in [4.78, 5) is 18.0. The summed E-state index contributed by atoms with van der Waals surface area (Å²) in [5.41, 5.74) is 0.814. The van der Waals surface area contributed by atoms with Gasteiger partial charge in [0.1, 0.15) is 0 Å². The van der Waals surface area contributed by atoms with E-state index in [4.69, 9.17) is 4.74 Å². The summed E-state index contributed by atoms with van der Waals surface area (Å²) in [5, 5.41) is 2.95. The van der Waals surface area contributed by atoms with Gasteiger partial charge in [0.2, 0.25) is 0 Å². The molecule has 0 bridgehead atoms. The molecule has 0 spiro atoms. The van der Waals surface area contributed by atoms with Crippen LogP contribution in [0, 0.1) is 5.92 Å². The van der Waals surface area contributed by atoms with Crippen LogP contribution in [0.5, 0.6) is 0 Å². The minimum absolute atomic E-state index is 0.198. The summed E-state index contributed by atoms with van der Waals surface area (Å²) in [5.74, 6) is 0.628. The Labute approximate surface area is 112 Å². The molecular formula is C13H20N2O2S. The molecule has 1 heterocycles. The Morgan fingerprint density at radius 3 is 3.00 bits per heavy atom. The Morgan fingerprint density at radius 2 is 2.39 bits per heavy atom. The lowest BCUT2D eigenvalue weighted by atomic mass is 9.85. The lowest BCUT2D eigenvalue weighted by Gasteiger charge is -2.29.